The van der Waals surface area contributed by atoms with E-state index in [9.17, 15) is 17.6 Å². The lowest BCUT2D eigenvalue weighted by Gasteiger charge is -2.28. The summed E-state index contributed by atoms with van der Waals surface area (Å²) in [6, 6.07) is 1.83. The largest absolute Gasteiger partial charge is 0.407 e. The van der Waals surface area contributed by atoms with Gasteiger partial charge in [-0.1, -0.05) is 6.07 Å². The van der Waals surface area contributed by atoms with Crippen molar-refractivity contribution < 1.29 is 17.6 Å². The second-order valence-electron chi connectivity index (χ2n) is 3.52. The van der Waals surface area contributed by atoms with Gasteiger partial charge in [-0.25, -0.2) is 4.39 Å². The number of halogens is 4. The van der Waals surface area contributed by atoms with Crippen molar-refractivity contribution in [1.82, 2.24) is 5.32 Å². The fourth-order valence-corrected chi connectivity index (χ4v) is 1.82. The molecule has 1 heterocycles. The smallest absolute Gasteiger partial charge is 0.302 e. The fourth-order valence-electron chi connectivity index (χ4n) is 1.82. The Bertz CT molecular complexity index is 372. The van der Waals surface area contributed by atoms with Crippen molar-refractivity contribution >= 4 is 0 Å². The van der Waals surface area contributed by atoms with Crippen molar-refractivity contribution in [3.8, 4) is 0 Å². The van der Waals surface area contributed by atoms with Gasteiger partial charge in [0.2, 0.25) is 0 Å². The molecule has 82 valence electrons. The lowest BCUT2D eigenvalue weighted by Crippen LogP contribution is -2.39. The molecule has 1 aliphatic rings. The molecule has 1 atom stereocenters. The number of benzene rings is 1. The van der Waals surface area contributed by atoms with Gasteiger partial charge in [0.05, 0.1) is 0 Å². The summed E-state index contributed by atoms with van der Waals surface area (Å²) in [7, 11) is 0. The predicted molar refractivity (Wildman–Crippen MR) is 46.9 cm³/mol. The van der Waals surface area contributed by atoms with Crippen LogP contribution in [0.5, 0.6) is 0 Å². The molecule has 1 unspecified atom stereocenters. The highest BCUT2D eigenvalue weighted by molar-refractivity contribution is 5.34. The highest BCUT2D eigenvalue weighted by atomic mass is 19.4. The van der Waals surface area contributed by atoms with E-state index in [4.69, 9.17) is 0 Å². The Balaban J connectivity index is 2.45. The first kappa shape index (κ1) is 10.4. The summed E-state index contributed by atoms with van der Waals surface area (Å²) in [6.07, 6.45) is -3.87. The number of rotatable bonds is 0. The summed E-state index contributed by atoms with van der Waals surface area (Å²) in [5, 5.41) is 2.35. The number of fused-ring (bicyclic) bond motifs is 1. The summed E-state index contributed by atoms with van der Waals surface area (Å²) in [4.78, 5) is 0. The average Bonchev–Trinajstić information content (AvgIpc) is 2.15. The SMILES string of the molecule is Fc1ccc2c(c1)C(C(F)(F)F)NCC2. The summed E-state index contributed by atoms with van der Waals surface area (Å²) < 4.78 is 50.6. The normalized spacial score (nSPS) is 21.2. The second kappa shape index (κ2) is 3.48. The van der Waals surface area contributed by atoms with E-state index in [1.54, 1.807) is 0 Å². The molecular formula is C10H9F4N. The molecule has 0 saturated carbocycles. The van der Waals surface area contributed by atoms with Gasteiger partial charge in [0, 0.05) is 6.54 Å². The molecule has 1 aromatic carbocycles. The lowest BCUT2D eigenvalue weighted by atomic mass is 9.94. The Hall–Kier alpha value is -1.10. The molecule has 2 rings (SSSR count). The van der Waals surface area contributed by atoms with Crippen molar-refractivity contribution in [2.24, 2.45) is 0 Å². The molecule has 0 saturated heterocycles. The van der Waals surface area contributed by atoms with Crippen LogP contribution in [-0.4, -0.2) is 12.7 Å². The summed E-state index contributed by atoms with van der Waals surface area (Å²) >= 11 is 0. The Morgan fingerprint density at radius 1 is 1.27 bits per heavy atom. The number of nitrogens with one attached hydrogen (secondary N) is 1. The molecule has 1 aliphatic heterocycles. The molecule has 0 aliphatic carbocycles. The van der Waals surface area contributed by atoms with Gasteiger partial charge in [-0.3, -0.25) is 0 Å². The van der Waals surface area contributed by atoms with Crippen LogP contribution in [0.15, 0.2) is 18.2 Å². The van der Waals surface area contributed by atoms with Crippen molar-refractivity contribution in [3.05, 3.63) is 35.1 Å². The van der Waals surface area contributed by atoms with Crippen molar-refractivity contribution in [1.29, 1.82) is 0 Å². The van der Waals surface area contributed by atoms with Crippen LogP contribution in [0.25, 0.3) is 0 Å². The monoisotopic (exact) mass is 219 g/mol. The Kier molecular flexibility index (Phi) is 2.42. The van der Waals surface area contributed by atoms with E-state index >= 15 is 0 Å². The summed E-state index contributed by atoms with van der Waals surface area (Å²) in [6.45, 7) is 0.267. The maximum absolute atomic E-state index is 12.9. The molecule has 0 aromatic heterocycles. The first-order valence-corrected chi connectivity index (χ1v) is 4.57. The summed E-state index contributed by atoms with van der Waals surface area (Å²) in [5.74, 6) is -0.633. The van der Waals surface area contributed by atoms with Crippen LogP contribution in [0.1, 0.15) is 17.2 Å². The fraction of sp³-hybridized carbons (Fsp3) is 0.400. The van der Waals surface area contributed by atoms with Crippen LogP contribution < -0.4 is 5.32 Å². The highest BCUT2D eigenvalue weighted by Crippen LogP contribution is 2.36. The van der Waals surface area contributed by atoms with Crippen LogP contribution in [-0.2, 0) is 6.42 Å². The minimum absolute atomic E-state index is 0.00810. The Morgan fingerprint density at radius 3 is 2.67 bits per heavy atom. The minimum Gasteiger partial charge on any atom is -0.302 e. The van der Waals surface area contributed by atoms with E-state index in [1.807, 2.05) is 0 Å². The van der Waals surface area contributed by atoms with Gasteiger partial charge in [-0.05, 0) is 29.7 Å². The molecule has 0 radical (unpaired) electrons. The quantitative estimate of drug-likeness (QED) is 0.661. The number of hydrogen-bond acceptors (Lipinski definition) is 1. The molecule has 1 nitrogen and oxygen atoms in total. The van der Waals surface area contributed by atoms with Crippen molar-refractivity contribution in [3.63, 3.8) is 0 Å². The standard InChI is InChI=1S/C10H9F4N/c11-7-2-1-6-3-4-15-9(8(6)5-7)10(12,13)14/h1-2,5,9,15H,3-4H2. The van der Waals surface area contributed by atoms with Gasteiger partial charge in [0.25, 0.3) is 0 Å². The van der Waals surface area contributed by atoms with Crippen molar-refractivity contribution in [2.75, 3.05) is 6.54 Å². The highest BCUT2D eigenvalue weighted by Gasteiger charge is 2.42. The third kappa shape index (κ3) is 1.97. The summed E-state index contributed by atoms with van der Waals surface area (Å²) in [5.41, 5.74) is 0.575. The maximum atomic E-state index is 12.9. The third-order valence-corrected chi connectivity index (χ3v) is 2.49. The Morgan fingerprint density at radius 2 is 2.00 bits per heavy atom. The van der Waals surface area contributed by atoms with Crippen LogP contribution >= 0.6 is 0 Å². The average molecular weight is 219 g/mol. The molecular weight excluding hydrogens is 210 g/mol. The molecule has 1 N–H and O–H groups in total. The van der Waals surface area contributed by atoms with E-state index in [-0.39, 0.29) is 12.1 Å². The second-order valence-corrected chi connectivity index (χ2v) is 3.52. The third-order valence-electron chi connectivity index (χ3n) is 2.49. The van der Waals surface area contributed by atoms with Gasteiger partial charge in [0.1, 0.15) is 11.9 Å². The minimum atomic E-state index is -4.37. The zero-order valence-electron chi connectivity index (χ0n) is 7.74. The van der Waals surface area contributed by atoms with Gasteiger partial charge < -0.3 is 5.32 Å². The number of hydrogen-bond donors (Lipinski definition) is 1. The van der Waals surface area contributed by atoms with E-state index in [0.717, 1.165) is 6.07 Å². The van der Waals surface area contributed by atoms with Gasteiger partial charge in [0.15, 0.2) is 0 Å². The predicted octanol–water partition coefficient (Wildman–Crippen LogP) is 2.57. The van der Waals surface area contributed by atoms with Gasteiger partial charge in [-0.2, -0.15) is 13.2 Å². The molecule has 15 heavy (non-hydrogen) atoms. The molecule has 0 bridgehead atoms. The molecule has 0 amide bonds. The first-order chi connectivity index (χ1) is 6.98. The molecule has 0 fully saturated rings. The topological polar surface area (TPSA) is 12.0 Å². The van der Waals surface area contributed by atoms with Gasteiger partial charge in [-0.15, -0.1) is 0 Å². The zero-order valence-corrected chi connectivity index (χ0v) is 7.74. The van der Waals surface area contributed by atoms with Crippen molar-refractivity contribution in [2.45, 2.75) is 18.6 Å². The number of alkyl halides is 3. The Labute approximate surface area is 84.1 Å². The van der Waals surface area contributed by atoms with Crippen LogP contribution in [0.3, 0.4) is 0 Å². The maximum Gasteiger partial charge on any atom is 0.407 e. The van der Waals surface area contributed by atoms with E-state index in [2.05, 4.69) is 5.32 Å². The van der Waals surface area contributed by atoms with Crippen LogP contribution in [0.2, 0.25) is 0 Å². The van der Waals surface area contributed by atoms with E-state index < -0.39 is 18.0 Å². The lowest BCUT2D eigenvalue weighted by molar-refractivity contribution is -0.158. The molecule has 5 heteroatoms. The zero-order chi connectivity index (χ0) is 11.1. The van der Waals surface area contributed by atoms with Gasteiger partial charge >= 0.3 is 6.18 Å². The first-order valence-electron chi connectivity index (χ1n) is 4.57. The van der Waals surface area contributed by atoms with Crippen LogP contribution in [0.4, 0.5) is 17.6 Å². The van der Waals surface area contributed by atoms with E-state index in [0.29, 0.717) is 12.0 Å². The van der Waals surface area contributed by atoms with Crippen LogP contribution in [0, 0.1) is 5.82 Å². The molecule has 0 spiro atoms. The molecule has 1 aromatic rings. The van der Waals surface area contributed by atoms with E-state index in [1.165, 1.54) is 12.1 Å².